The first-order chi connectivity index (χ1) is 9.61. The molecule has 118 valence electrons. The number of thiophene rings is 1. The maximum absolute atomic E-state index is 12.3. The standard InChI is InChI=1S/C11H17N3O5S2/c1-11(2)6-7(3-4-19-11)13-21(17,18)9-5-8(14(15)16)10(12)20-9/h5,7,13H,3-4,6,12H2,1-2H3. The first-order valence-corrected chi connectivity index (χ1v) is 8.61. The van der Waals surface area contributed by atoms with Crippen LogP contribution in [0.2, 0.25) is 0 Å². The number of nitrogens with two attached hydrogens (primary N) is 1. The molecule has 2 heterocycles. The zero-order valence-electron chi connectivity index (χ0n) is 11.7. The highest BCUT2D eigenvalue weighted by Crippen LogP contribution is 2.35. The fraction of sp³-hybridized carbons (Fsp3) is 0.636. The third-order valence-electron chi connectivity index (χ3n) is 3.20. The molecule has 1 unspecified atom stereocenters. The van der Waals surface area contributed by atoms with Gasteiger partial charge in [-0.1, -0.05) is 11.3 Å². The number of ether oxygens (including phenoxy) is 1. The van der Waals surface area contributed by atoms with Gasteiger partial charge in [-0.25, -0.2) is 13.1 Å². The molecule has 1 aliphatic rings. The smallest absolute Gasteiger partial charge is 0.304 e. The molecule has 0 radical (unpaired) electrons. The molecule has 1 aliphatic heterocycles. The Kier molecular flexibility index (Phi) is 4.24. The average Bonchev–Trinajstić information content (AvgIpc) is 2.70. The molecule has 21 heavy (non-hydrogen) atoms. The van der Waals surface area contributed by atoms with Gasteiger partial charge < -0.3 is 10.5 Å². The van der Waals surface area contributed by atoms with Crippen LogP contribution in [0, 0.1) is 10.1 Å². The van der Waals surface area contributed by atoms with Crippen LogP contribution in [0.4, 0.5) is 10.7 Å². The van der Waals surface area contributed by atoms with Crippen molar-refractivity contribution < 1.29 is 18.1 Å². The van der Waals surface area contributed by atoms with E-state index in [9.17, 15) is 18.5 Å². The lowest BCUT2D eigenvalue weighted by Crippen LogP contribution is -2.45. The van der Waals surface area contributed by atoms with Gasteiger partial charge in [0, 0.05) is 18.7 Å². The third-order valence-corrected chi connectivity index (χ3v) is 6.15. The molecule has 1 atom stereocenters. The van der Waals surface area contributed by atoms with E-state index in [1.165, 1.54) is 0 Å². The number of rotatable bonds is 4. The summed E-state index contributed by atoms with van der Waals surface area (Å²) in [7, 11) is -3.82. The number of nitrogen functional groups attached to an aromatic ring is 1. The van der Waals surface area contributed by atoms with Gasteiger partial charge in [-0.15, -0.1) is 0 Å². The number of sulfonamides is 1. The lowest BCUT2D eigenvalue weighted by molar-refractivity contribution is -0.383. The Balaban J connectivity index is 2.19. The topological polar surface area (TPSA) is 125 Å². The van der Waals surface area contributed by atoms with E-state index in [2.05, 4.69) is 4.72 Å². The highest BCUT2D eigenvalue weighted by atomic mass is 32.2. The second-order valence-electron chi connectivity index (χ2n) is 5.49. The summed E-state index contributed by atoms with van der Waals surface area (Å²) >= 11 is 0.693. The van der Waals surface area contributed by atoms with E-state index in [0.717, 1.165) is 6.07 Å². The molecule has 0 aromatic carbocycles. The molecule has 0 bridgehead atoms. The third kappa shape index (κ3) is 3.70. The minimum Gasteiger partial charge on any atom is -0.385 e. The van der Waals surface area contributed by atoms with Gasteiger partial charge >= 0.3 is 5.69 Å². The second-order valence-corrected chi connectivity index (χ2v) is 8.52. The summed E-state index contributed by atoms with van der Waals surface area (Å²) in [5, 5.41) is 10.6. The lowest BCUT2D eigenvalue weighted by Gasteiger charge is -2.35. The molecule has 1 fully saturated rings. The molecule has 0 amide bonds. The van der Waals surface area contributed by atoms with Crippen molar-refractivity contribution in [1.82, 2.24) is 4.72 Å². The summed E-state index contributed by atoms with van der Waals surface area (Å²) in [6.07, 6.45) is 1.10. The predicted molar refractivity (Wildman–Crippen MR) is 78.8 cm³/mol. The van der Waals surface area contributed by atoms with Gasteiger partial charge in [-0.2, -0.15) is 0 Å². The number of nitrogens with zero attached hydrogens (tertiary/aromatic N) is 1. The van der Waals surface area contributed by atoms with Crippen LogP contribution < -0.4 is 10.5 Å². The Morgan fingerprint density at radius 2 is 2.24 bits per heavy atom. The average molecular weight is 335 g/mol. The van der Waals surface area contributed by atoms with Gasteiger partial charge in [0.1, 0.15) is 4.21 Å². The maximum Gasteiger partial charge on any atom is 0.304 e. The molecule has 1 saturated heterocycles. The highest BCUT2D eigenvalue weighted by molar-refractivity contribution is 7.91. The Morgan fingerprint density at radius 1 is 1.57 bits per heavy atom. The van der Waals surface area contributed by atoms with E-state index in [1.54, 1.807) is 0 Å². The van der Waals surface area contributed by atoms with E-state index < -0.39 is 20.5 Å². The summed E-state index contributed by atoms with van der Waals surface area (Å²) < 4.78 is 32.5. The van der Waals surface area contributed by atoms with Crippen molar-refractivity contribution >= 4 is 32.0 Å². The molecule has 8 nitrogen and oxygen atoms in total. The quantitative estimate of drug-likeness (QED) is 0.634. The van der Waals surface area contributed by atoms with Gasteiger partial charge in [0.05, 0.1) is 10.5 Å². The Labute approximate surface area is 126 Å². The van der Waals surface area contributed by atoms with Crippen molar-refractivity contribution in [3.63, 3.8) is 0 Å². The predicted octanol–water partition coefficient (Wildman–Crippen LogP) is 1.47. The number of nitro groups is 1. The van der Waals surface area contributed by atoms with Gasteiger partial charge in [-0.05, 0) is 26.7 Å². The van der Waals surface area contributed by atoms with E-state index in [-0.39, 0.29) is 20.9 Å². The van der Waals surface area contributed by atoms with Crippen LogP contribution in [0.25, 0.3) is 0 Å². The van der Waals surface area contributed by atoms with Crippen molar-refractivity contribution in [3.05, 3.63) is 16.2 Å². The Morgan fingerprint density at radius 3 is 2.76 bits per heavy atom. The van der Waals surface area contributed by atoms with E-state index in [0.29, 0.717) is 30.8 Å². The molecule has 3 N–H and O–H groups in total. The van der Waals surface area contributed by atoms with Crippen molar-refractivity contribution in [2.45, 2.75) is 42.5 Å². The molecular weight excluding hydrogens is 318 g/mol. The monoisotopic (exact) mass is 335 g/mol. The minimum atomic E-state index is -3.82. The van der Waals surface area contributed by atoms with Crippen molar-refractivity contribution in [1.29, 1.82) is 0 Å². The zero-order chi connectivity index (χ0) is 15.8. The molecule has 0 aliphatic carbocycles. The van der Waals surface area contributed by atoms with Gasteiger partial charge in [-0.3, -0.25) is 10.1 Å². The van der Waals surface area contributed by atoms with Gasteiger partial charge in [0.2, 0.25) is 0 Å². The number of nitrogens with one attached hydrogen (secondary N) is 1. The van der Waals surface area contributed by atoms with Gasteiger partial charge in [0.15, 0.2) is 5.00 Å². The van der Waals surface area contributed by atoms with Crippen LogP contribution in [-0.4, -0.2) is 31.6 Å². The van der Waals surface area contributed by atoms with Crippen LogP contribution in [0.1, 0.15) is 26.7 Å². The van der Waals surface area contributed by atoms with Crippen LogP contribution in [0.3, 0.4) is 0 Å². The Bertz CT molecular complexity index is 653. The van der Waals surface area contributed by atoms with E-state index in [4.69, 9.17) is 10.5 Å². The largest absolute Gasteiger partial charge is 0.385 e. The Hall–Kier alpha value is -1.23. The zero-order valence-corrected chi connectivity index (χ0v) is 13.3. The fourth-order valence-corrected chi connectivity index (χ4v) is 4.76. The van der Waals surface area contributed by atoms with Crippen molar-refractivity contribution in [2.24, 2.45) is 0 Å². The molecule has 10 heteroatoms. The number of hydrogen-bond donors (Lipinski definition) is 2. The first kappa shape index (κ1) is 16.1. The normalized spacial score (nSPS) is 22.1. The summed E-state index contributed by atoms with van der Waals surface area (Å²) in [5.41, 5.74) is 4.70. The number of hydrogen-bond acceptors (Lipinski definition) is 7. The van der Waals surface area contributed by atoms with Crippen LogP contribution in [-0.2, 0) is 14.8 Å². The SMILES string of the molecule is CC1(C)CC(NS(=O)(=O)c2cc([N+](=O)[O-])c(N)s2)CCO1. The van der Waals surface area contributed by atoms with Crippen molar-refractivity contribution in [2.75, 3.05) is 12.3 Å². The van der Waals surface area contributed by atoms with Crippen LogP contribution in [0.5, 0.6) is 0 Å². The van der Waals surface area contributed by atoms with Crippen LogP contribution in [0.15, 0.2) is 10.3 Å². The second kappa shape index (κ2) is 5.52. The molecular formula is C11H17N3O5S2. The highest BCUT2D eigenvalue weighted by Gasteiger charge is 2.33. The molecule has 1 aromatic rings. The van der Waals surface area contributed by atoms with E-state index >= 15 is 0 Å². The molecule has 0 saturated carbocycles. The summed E-state index contributed by atoms with van der Waals surface area (Å²) in [6, 6.07) is 0.730. The molecule has 1 aromatic heterocycles. The molecule has 2 rings (SSSR count). The summed E-state index contributed by atoms with van der Waals surface area (Å²) in [6.45, 7) is 4.25. The van der Waals surface area contributed by atoms with Crippen molar-refractivity contribution in [3.8, 4) is 0 Å². The summed E-state index contributed by atoms with van der Waals surface area (Å²) in [5.74, 6) is 0. The van der Waals surface area contributed by atoms with E-state index in [1.807, 2.05) is 13.8 Å². The molecule has 0 spiro atoms. The van der Waals surface area contributed by atoms with Crippen LogP contribution >= 0.6 is 11.3 Å². The number of anilines is 1. The lowest BCUT2D eigenvalue weighted by atomic mass is 9.95. The summed E-state index contributed by atoms with van der Waals surface area (Å²) in [4.78, 5) is 10.0. The fourth-order valence-electron chi connectivity index (χ4n) is 2.26. The maximum atomic E-state index is 12.3. The minimum absolute atomic E-state index is 0.118. The first-order valence-electron chi connectivity index (χ1n) is 6.31. The van der Waals surface area contributed by atoms with Gasteiger partial charge in [0.25, 0.3) is 10.0 Å².